The third-order valence-electron chi connectivity index (χ3n) is 3.51. The van der Waals surface area contributed by atoms with Crippen molar-refractivity contribution in [1.82, 2.24) is 9.88 Å². The quantitative estimate of drug-likeness (QED) is 0.731. The number of piperidine rings is 1. The summed E-state index contributed by atoms with van der Waals surface area (Å²) in [6, 6.07) is 0. The van der Waals surface area contributed by atoms with Crippen molar-refractivity contribution < 1.29 is 0 Å². The Morgan fingerprint density at radius 2 is 1.88 bits per heavy atom. The number of allylic oxidation sites excluding steroid dienone is 1. The Labute approximate surface area is 101 Å². The van der Waals surface area contributed by atoms with Gasteiger partial charge < -0.3 is 0 Å². The molecule has 1 saturated heterocycles. The highest BCUT2D eigenvalue weighted by Crippen LogP contribution is 2.36. The molecule has 0 atom stereocenters. The molecule has 86 valence electrons. The standard InChI is InChI=1S/C13H18N2S/c1-10-14-13(9-16-10)8-15-6-4-12(5-7-15)11-2-3-11/h9H,2-8H2,1H3. The SMILES string of the molecule is Cc1nc(CN2CCC(=C3CC3)CC2)cs1. The molecule has 0 bridgehead atoms. The number of aryl methyl sites for hydroxylation is 1. The molecule has 1 aromatic rings. The minimum atomic E-state index is 1.05. The smallest absolute Gasteiger partial charge is 0.0897 e. The molecule has 0 spiro atoms. The van der Waals surface area contributed by atoms with Crippen LogP contribution in [0.1, 0.15) is 36.4 Å². The Kier molecular flexibility index (Phi) is 2.82. The summed E-state index contributed by atoms with van der Waals surface area (Å²) in [7, 11) is 0. The maximum absolute atomic E-state index is 4.54. The molecular formula is C13H18N2S. The second-order valence-electron chi connectivity index (χ2n) is 4.84. The molecule has 2 fully saturated rings. The van der Waals surface area contributed by atoms with E-state index in [9.17, 15) is 0 Å². The van der Waals surface area contributed by atoms with Crippen LogP contribution >= 0.6 is 11.3 Å². The maximum atomic E-state index is 4.54. The molecule has 1 aliphatic heterocycles. The van der Waals surface area contributed by atoms with Crippen LogP contribution in [0.3, 0.4) is 0 Å². The molecule has 1 saturated carbocycles. The molecule has 0 unspecified atom stereocenters. The zero-order valence-electron chi connectivity index (χ0n) is 9.83. The van der Waals surface area contributed by atoms with Crippen LogP contribution in [0.4, 0.5) is 0 Å². The summed E-state index contributed by atoms with van der Waals surface area (Å²) in [5.74, 6) is 0. The van der Waals surface area contributed by atoms with Crippen LogP contribution in [0.15, 0.2) is 16.5 Å². The fourth-order valence-electron chi connectivity index (χ4n) is 2.46. The molecule has 0 aromatic carbocycles. The second kappa shape index (κ2) is 4.30. The van der Waals surface area contributed by atoms with Gasteiger partial charge >= 0.3 is 0 Å². The van der Waals surface area contributed by atoms with E-state index in [1.807, 2.05) is 0 Å². The van der Waals surface area contributed by atoms with E-state index in [4.69, 9.17) is 0 Å². The number of hydrogen-bond acceptors (Lipinski definition) is 3. The summed E-state index contributed by atoms with van der Waals surface area (Å²) in [4.78, 5) is 7.08. The fraction of sp³-hybridized carbons (Fsp3) is 0.615. The van der Waals surface area contributed by atoms with Gasteiger partial charge in [0.05, 0.1) is 10.7 Å². The first kappa shape index (κ1) is 10.5. The summed E-state index contributed by atoms with van der Waals surface area (Å²) in [6.07, 6.45) is 5.39. The van der Waals surface area contributed by atoms with Crippen molar-refractivity contribution in [3.05, 3.63) is 27.2 Å². The van der Waals surface area contributed by atoms with E-state index >= 15 is 0 Å². The van der Waals surface area contributed by atoms with Gasteiger partial charge in [0.15, 0.2) is 0 Å². The lowest BCUT2D eigenvalue weighted by Crippen LogP contribution is -2.30. The monoisotopic (exact) mass is 234 g/mol. The van der Waals surface area contributed by atoms with Crippen molar-refractivity contribution in [2.24, 2.45) is 0 Å². The third-order valence-corrected chi connectivity index (χ3v) is 4.33. The highest BCUT2D eigenvalue weighted by Gasteiger charge is 2.22. The normalized spacial score (nSPS) is 21.6. The zero-order valence-corrected chi connectivity index (χ0v) is 10.6. The third kappa shape index (κ3) is 2.36. The van der Waals surface area contributed by atoms with E-state index in [-0.39, 0.29) is 0 Å². The van der Waals surface area contributed by atoms with E-state index in [1.165, 1.54) is 49.5 Å². The van der Waals surface area contributed by atoms with Gasteiger partial charge in [-0.1, -0.05) is 11.1 Å². The lowest BCUT2D eigenvalue weighted by Gasteiger charge is -2.27. The van der Waals surface area contributed by atoms with Gasteiger partial charge in [-0.2, -0.15) is 0 Å². The number of nitrogens with zero attached hydrogens (tertiary/aromatic N) is 2. The Morgan fingerprint density at radius 3 is 2.44 bits per heavy atom. The van der Waals surface area contributed by atoms with Crippen LogP contribution in [0, 0.1) is 6.92 Å². The highest BCUT2D eigenvalue weighted by molar-refractivity contribution is 7.09. The molecule has 3 heteroatoms. The van der Waals surface area contributed by atoms with Crippen molar-refractivity contribution in [2.45, 2.75) is 39.2 Å². The second-order valence-corrected chi connectivity index (χ2v) is 5.90. The van der Waals surface area contributed by atoms with Crippen molar-refractivity contribution >= 4 is 11.3 Å². The number of hydrogen-bond donors (Lipinski definition) is 0. The molecule has 0 N–H and O–H groups in total. The van der Waals surface area contributed by atoms with Gasteiger partial charge in [0.25, 0.3) is 0 Å². The summed E-state index contributed by atoms with van der Waals surface area (Å²) in [5, 5.41) is 3.39. The molecule has 1 aliphatic carbocycles. The van der Waals surface area contributed by atoms with Gasteiger partial charge in [0.1, 0.15) is 0 Å². The van der Waals surface area contributed by atoms with Crippen LogP contribution in [-0.2, 0) is 6.54 Å². The van der Waals surface area contributed by atoms with E-state index in [0.717, 1.165) is 6.54 Å². The molecule has 0 radical (unpaired) electrons. The first-order valence-electron chi connectivity index (χ1n) is 6.14. The average Bonchev–Trinajstić information content (AvgIpc) is 3.05. The van der Waals surface area contributed by atoms with Gasteiger partial charge in [0, 0.05) is 25.0 Å². The Bertz CT molecular complexity index is 403. The Balaban J connectivity index is 1.56. The molecule has 2 aliphatic rings. The number of likely N-dealkylation sites (tertiary alicyclic amines) is 1. The number of thiazole rings is 1. The molecule has 1 aromatic heterocycles. The minimum Gasteiger partial charge on any atom is -0.297 e. The molecule has 2 nitrogen and oxygen atoms in total. The van der Waals surface area contributed by atoms with Gasteiger partial charge in [0.2, 0.25) is 0 Å². The average molecular weight is 234 g/mol. The predicted molar refractivity (Wildman–Crippen MR) is 67.6 cm³/mol. The largest absolute Gasteiger partial charge is 0.297 e. The first-order valence-corrected chi connectivity index (χ1v) is 7.02. The lowest BCUT2D eigenvalue weighted by molar-refractivity contribution is 0.245. The summed E-state index contributed by atoms with van der Waals surface area (Å²) < 4.78 is 0. The van der Waals surface area contributed by atoms with Crippen molar-refractivity contribution in [3.63, 3.8) is 0 Å². The van der Waals surface area contributed by atoms with Gasteiger partial charge in [-0.05, 0) is 32.6 Å². The molecular weight excluding hydrogens is 216 g/mol. The van der Waals surface area contributed by atoms with E-state index in [2.05, 4.69) is 22.2 Å². The topological polar surface area (TPSA) is 16.1 Å². The van der Waals surface area contributed by atoms with Crippen LogP contribution in [0.2, 0.25) is 0 Å². The molecule has 2 heterocycles. The number of aromatic nitrogens is 1. The maximum Gasteiger partial charge on any atom is 0.0897 e. The molecule has 0 amide bonds. The van der Waals surface area contributed by atoms with Crippen LogP contribution < -0.4 is 0 Å². The van der Waals surface area contributed by atoms with Crippen LogP contribution in [0.5, 0.6) is 0 Å². The first-order chi connectivity index (χ1) is 7.81. The van der Waals surface area contributed by atoms with Crippen molar-refractivity contribution in [3.8, 4) is 0 Å². The summed E-state index contributed by atoms with van der Waals surface area (Å²) in [5.41, 5.74) is 4.79. The molecule has 16 heavy (non-hydrogen) atoms. The highest BCUT2D eigenvalue weighted by atomic mass is 32.1. The summed E-state index contributed by atoms with van der Waals surface area (Å²) in [6.45, 7) is 5.59. The van der Waals surface area contributed by atoms with Crippen LogP contribution in [0.25, 0.3) is 0 Å². The Morgan fingerprint density at radius 1 is 1.19 bits per heavy atom. The van der Waals surface area contributed by atoms with Crippen LogP contribution in [-0.4, -0.2) is 23.0 Å². The Hall–Kier alpha value is -0.670. The van der Waals surface area contributed by atoms with Gasteiger partial charge in [-0.15, -0.1) is 11.3 Å². The number of rotatable bonds is 2. The minimum absolute atomic E-state index is 1.05. The lowest BCUT2D eigenvalue weighted by atomic mass is 10.0. The van der Waals surface area contributed by atoms with E-state index < -0.39 is 0 Å². The predicted octanol–water partition coefficient (Wildman–Crippen LogP) is 3.14. The van der Waals surface area contributed by atoms with Crippen molar-refractivity contribution in [2.75, 3.05) is 13.1 Å². The fourth-order valence-corrected chi connectivity index (χ4v) is 3.06. The summed E-state index contributed by atoms with van der Waals surface area (Å²) >= 11 is 1.76. The van der Waals surface area contributed by atoms with E-state index in [0.29, 0.717) is 0 Å². The zero-order chi connectivity index (χ0) is 11.0. The van der Waals surface area contributed by atoms with Gasteiger partial charge in [-0.25, -0.2) is 4.98 Å². The molecule has 3 rings (SSSR count). The van der Waals surface area contributed by atoms with E-state index in [1.54, 1.807) is 22.5 Å². The van der Waals surface area contributed by atoms with Crippen molar-refractivity contribution in [1.29, 1.82) is 0 Å². The van der Waals surface area contributed by atoms with Gasteiger partial charge in [-0.3, -0.25) is 4.90 Å².